The van der Waals surface area contributed by atoms with Crippen LogP contribution in [-0.4, -0.2) is 30.1 Å². The van der Waals surface area contributed by atoms with E-state index in [9.17, 15) is 9.59 Å². The molecule has 0 fully saturated rings. The molecule has 0 unspecified atom stereocenters. The number of amides is 2. The van der Waals surface area contributed by atoms with Crippen molar-refractivity contribution >= 4 is 34.0 Å². The highest BCUT2D eigenvalue weighted by Crippen LogP contribution is 2.37. The van der Waals surface area contributed by atoms with Crippen molar-refractivity contribution in [3.63, 3.8) is 0 Å². The number of nitrogens with zero attached hydrogens (tertiary/aromatic N) is 2. The van der Waals surface area contributed by atoms with Crippen LogP contribution in [0.5, 0.6) is 11.5 Å². The van der Waals surface area contributed by atoms with E-state index in [1.165, 1.54) is 11.3 Å². The van der Waals surface area contributed by atoms with Crippen molar-refractivity contribution in [1.29, 1.82) is 0 Å². The number of hydrogen-bond donors (Lipinski definition) is 1. The first-order chi connectivity index (χ1) is 17.5. The maximum Gasteiger partial charge on any atom is 0.258 e. The third-order valence-electron chi connectivity index (χ3n) is 6.41. The Hall–Kier alpha value is -4.17. The number of aryl methyl sites for hydroxylation is 2. The normalized spacial score (nSPS) is 13.6. The number of rotatable bonds is 4. The molecule has 0 saturated carbocycles. The minimum atomic E-state index is -0.257. The zero-order valence-corrected chi connectivity index (χ0v) is 20.6. The van der Waals surface area contributed by atoms with Crippen molar-refractivity contribution in [2.45, 2.75) is 20.3 Å². The molecule has 0 bridgehead atoms. The highest BCUT2D eigenvalue weighted by Gasteiger charge is 2.26. The third kappa shape index (κ3) is 3.99. The van der Waals surface area contributed by atoms with Crippen LogP contribution in [0.25, 0.3) is 11.3 Å². The van der Waals surface area contributed by atoms with Crippen molar-refractivity contribution in [3.05, 3.63) is 87.8 Å². The molecule has 0 saturated heterocycles. The number of benzene rings is 3. The fourth-order valence-corrected chi connectivity index (χ4v) is 5.45. The molecule has 3 aromatic carbocycles. The van der Waals surface area contributed by atoms with Gasteiger partial charge < -0.3 is 14.4 Å². The molecule has 180 valence electrons. The van der Waals surface area contributed by atoms with Gasteiger partial charge in [-0.3, -0.25) is 14.9 Å². The van der Waals surface area contributed by atoms with Crippen molar-refractivity contribution in [1.82, 2.24) is 4.98 Å². The van der Waals surface area contributed by atoms with E-state index in [2.05, 4.69) is 11.4 Å². The molecule has 4 aromatic rings. The molecule has 36 heavy (non-hydrogen) atoms. The fourth-order valence-electron chi connectivity index (χ4n) is 4.62. The lowest BCUT2D eigenvalue weighted by molar-refractivity contribution is 0.0987. The summed E-state index contributed by atoms with van der Waals surface area (Å²) < 4.78 is 10.7. The molecule has 1 N–H and O–H groups in total. The van der Waals surface area contributed by atoms with E-state index in [1.54, 1.807) is 18.2 Å². The lowest BCUT2D eigenvalue weighted by Gasteiger charge is -2.18. The smallest absolute Gasteiger partial charge is 0.258 e. The second kappa shape index (κ2) is 8.80. The molecule has 0 atom stereocenters. The Morgan fingerprint density at radius 2 is 1.83 bits per heavy atom. The number of nitrogens with one attached hydrogen (secondary N) is 1. The summed E-state index contributed by atoms with van der Waals surface area (Å²) in [6.07, 6.45) is 0.789. The summed E-state index contributed by atoms with van der Waals surface area (Å²) in [4.78, 5) is 33.5. The van der Waals surface area contributed by atoms with Crippen molar-refractivity contribution in [2.24, 2.45) is 0 Å². The van der Waals surface area contributed by atoms with Crippen LogP contribution in [0.15, 0.2) is 60.7 Å². The van der Waals surface area contributed by atoms with E-state index in [0.717, 1.165) is 39.4 Å². The molecule has 1 aromatic heterocycles. The van der Waals surface area contributed by atoms with E-state index in [4.69, 9.17) is 14.5 Å². The Morgan fingerprint density at radius 3 is 2.69 bits per heavy atom. The summed E-state index contributed by atoms with van der Waals surface area (Å²) in [6.45, 7) is 4.79. The molecule has 6 rings (SSSR count). The molecule has 2 amide bonds. The van der Waals surface area contributed by atoms with Gasteiger partial charge in [0.1, 0.15) is 0 Å². The van der Waals surface area contributed by atoms with Gasteiger partial charge in [-0.25, -0.2) is 4.98 Å². The van der Waals surface area contributed by atoms with E-state index < -0.39 is 0 Å². The van der Waals surface area contributed by atoms with Crippen LogP contribution in [-0.2, 0) is 6.42 Å². The zero-order valence-electron chi connectivity index (χ0n) is 19.8. The number of thiazole rings is 1. The summed E-state index contributed by atoms with van der Waals surface area (Å²) in [6, 6.07) is 18.9. The van der Waals surface area contributed by atoms with Crippen LogP contribution in [0.1, 0.15) is 36.7 Å². The number of carbonyl (C=O) groups is 2. The van der Waals surface area contributed by atoms with Gasteiger partial charge in [-0.05, 0) is 68.3 Å². The van der Waals surface area contributed by atoms with Gasteiger partial charge in [0.15, 0.2) is 16.6 Å². The Balaban J connectivity index is 1.22. The topological polar surface area (TPSA) is 80.8 Å². The molecule has 2 aliphatic rings. The van der Waals surface area contributed by atoms with E-state index >= 15 is 0 Å². The maximum absolute atomic E-state index is 13.1. The second-order valence-corrected chi connectivity index (χ2v) is 10.1. The Labute approximate surface area is 212 Å². The van der Waals surface area contributed by atoms with Gasteiger partial charge in [0, 0.05) is 33.8 Å². The van der Waals surface area contributed by atoms with Gasteiger partial charge >= 0.3 is 0 Å². The molecular weight excluding hydrogens is 474 g/mol. The predicted molar refractivity (Wildman–Crippen MR) is 139 cm³/mol. The summed E-state index contributed by atoms with van der Waals surface area (Å²) in [5, 5.41) is 3.43. The van der Waals surface area contributed by atoms with Gasteiger partial charge in [-0.15, -0.1) is 11.3 Å². The van der Waals surface area contributed by atoms with Crippen LogP contribution in [0.2, 0.25) is 0 Å². The highest BCUT2D eigenvalue weighted by molar-refractivity contribution is 7.16. The average molecular weight is 498 g/mol. The first kappa shape index (κ1) is 22.3. The molecule has 0 aliphatic carbocycles. The molecule has 0 radical (unpaired) electrons. The number of hydrogen-bond acceptors (Lipinski definition) is 6. The number of aromatic nitrogens is 1. The molecular formula is C28H23N3O4S. The Morgan fingerprint density at radius 1 is 0.972 bits per heavy atom. The lowest BCUT2D eigenvalue weighted by atomic mass is 10.1. The third-order valence-corrected chi connectivity index (χ3v) is 7.30. The van der Waals surface area contributed by atoms with Crippen LogP contribution in [0.4, 0.5) is 10.8 Å². The summed E-state index contributed by atoms with van der Waals surface area (Å²) in [5.74, 6) is 0.956. The quantitative estimate of drug-likeness (QED) is 0.396. The van der Waals surface area contributed by atoms with Crippen LogP contribution < -0.4 is 19.7 Å². The first-order valence-corrected chi connectivity index (χ1v) is 12.5. The predicted octanol–water partition coefficient (Wildman–Crippen LogP) is 5.61. The summed E-state index contributed by atoms with van der Waals surface area (Å²) >= 11 is 1.43. The molecule has 3 heterocycles. The average Bonchev–Trinajstić information content (AvgIpc) is 3.60. The zero-order chi connectivity index (χ0) is 24.8. The van der Waals surface area contributed by atoms with Crippen molar-refractivity contribution < 1.29 is 19.1 Å². The van der Waals surface area contributed by atoms with Gasteiger partial charge in [0.25, 0.3) is 11.8 Å². The fraction of sp³-hybridized carbons (Fsp3) is 0.179. The maximum atomic E-state index is 13.1. The van der Waals surface area contributed by atoms with Crippen LogP contribution in [0, 0.1) is 13.8 Å². The van der Waals surface area contributed by atoms with Crippen LogP contribution in [0.3, 0.4) is 0 Å². The Kier molecular flexibility index (Phi) is 5.45. The van der Waals surface area contributed by atoms with Gasteiger partial charge in [-0.2, -0.15) is 0 Å². The van der Waals surface area contributed by atoms with E-state index in [0.29, 0.717) is 34.3 Å². The van der Waals surface area contributed by atoms with E-state index in [-0.39, 0.29) is 18.6 Å². The van der Waals surface area contributed by atoms with Crippen LogP contribution >= 0.6 is 11.3 Å². The van der Waals surface area contributed by atoms with E-state index in [1.807, 2.05) is 55.1 Å². The minimum Gasteiger partial charge on any atom is -0.454 e. The molecule has 8 heteroatoms. The Bertz CT molecular complexity index is 1530. The molecule has 0 spiro atoms. The number of anilines is 2. The SMILES string of the molecule is Cc1cccc(C(=O)N2CCc3cc(-c4nc(NC(=O)c5ccc6c(c5)OCO6)sc4C)ccc32)c1. The number of ether oxygens (including phenoxy) is 2. The number of fused-ring (bicyclic) bond motifs is 2. The number of carbonyl (C=O) groups excluding carboxylic acids is 2. The van der Waals surface area contributed by atoms with Gasteiger partial charge in [0.05, 0.1) is 5.69 Å². The van der Waals surface area contributed by atoms with Crippen molar-refractivity contribution in [2.75, 3.05) is 23.6 Å². The largest absolute Gasteiger partial charge is 0.454 e. The van der Waals surface area contributed by atoms with Gasteiger partial charge in [-0.1, -0.05) is 23.8 Å². The lowest BCUT2D eigenvalue weighted by Crippen LogP contribution is -2.28. The molecule has 7 nitrogen and oxygen atoms in total. The van der Waals surface area contributed by atoms with Gasteiger partial charge in [0.2, 0.25) is 6.79 Å². The monoisotopic (exact) mass is 497 g/mol. The van der Waals surface area contributed by atoms with Crippen molar-refractivity contribution in [3.8, 4) is 22.8 Å². The first-order valence-electron chi connectivity index (χ1n) is 11.7. The summed E-state index contributed by atoms with van der Waals surface area (Å²) in [5.41, 5.74) is 6.09. The highest BCUT2D eigenvalue weighted by atomic mass is 32.1. The molecule has 2 aliphatic heterocycles. The summed E-state index contributed by atoms with van der Waals surface area (Å²) in [7, 11) is 0. The standard InChI is InChI=1S/C28H23N3O4S/c1-16-4-3-5-21(12-16)27(33)31-11-10-18-13-19(6-8-22(18)31)25-17(2)36-28(29-25)30-26(32)20-7-9-23-24(14-20)35-15-34-23/h3-9,12-14H,10-11,15H2,1-2H3,(H,29,30,32). The minimum absolute atomic E-state index is 0.0172. The second-order valence-electron chi connectivity index (χ2n) is 8.87.